The number of amides is 2. The Hall–Kier alpha value is -2.42. The Morgan fingerprint density at radius 3 is 2.52 bits per heavy atom. The summed E-state index contributed by atoms with van der Waals surface area (Å²) in [6.45, 7) is -0.211. The number of benzene rings is 2. The van der Waals surface area contributed by atoms with Crippen LogP contribution in [0.2, 0.25) is 0 Å². The number of aromatic hydroxyl groups is 1. The van der Waals surface area contributed by atoms with Crippen LogP contribution < -0.4 is 5.32 Å². The molecule has 0 spiro atoms. The Bertz CT molecular complexity index is 783. The van der Waals surface area contributed by atoms with Gasteiger partial charge in [0.25, 0.3) is 5.91 Å². The predicted octanol–water partition coefficient (Wildman–Crippen LogP) is 3.16. The van der Waals surface area contributed by atoms with Gasteiger partial charge in [-0.05, 0) is 30.3 Å². The fraction of sp³-hybridized carbons (Fsp3) is 0.263. The first kappa shape index (κ1) is 20.9. The number of carbonyl (C=O) groups excluding carboxylic acids is 2. The van der Waals surface area contributed by atoms with Gasteiger partial charge in [0.1, 0.15) is 11.9 Å². The number of aliphatic hydroxyl groups excluding tert-OH is 1. The average Bonchev–Trinajstić information content (AvgIpc) is 2.67. The van der Waals surface area contributed by atoms with E-state index in [-0.39, 0.29) is 24.3 Å². The van der Waals surface area contributed by atoms with Crippen molar-refractivity contribution in [1.82, 2.24) is 5.32 Å². The summed E-state index contributed by atoms with van der Waals surface area (Å²) in [5.41, 5.74) is 0.585. The van der Waals surface area contributed by atoms with E-state index < -0.39 is 24.2 Å². The number of hydrogen-bond acceptors (Lipinski definition) is 6. The fourth-order valence-electron chi connectivity index (χ4n) is 2.51. The SMILES string of the molecule is CO[C@H](CCO)[C@H](OC(=O)NC(=O)c1ccccc1)c1cc(Br)ccc1O. The molecule has 0 aromatic heterocycles. The first-order valence-electron chi connectivity index (χ1n) is 8.15. The van der Waals surface area contributed by atoms with Gasteiger partial charge in [0, 0.05) is 35.7 Å². The lowest BCUT2D eigenvalue weighted by Gasteiger charge is -2.26. The van der Waals surface area contributed by atoms with Crippen molar-refractivity contribution >= 4 is 27.9 Å². The number of imide groups is 1. The Morgan fingerprint density at radius 2 is 1.89 bits per heavy atom. The molecule has 2 aromatic rings. The molecule has 2 amide bonds. The molecule has 0 aliphatic rings. The van der Waals surface area contributed by atoms with Gasteiger partial charge in [0.2, 0.25) is 0 Å². The molecule has 2 rings (SSSR count). The third-order valence-electron chi connectivity index (χ3n) is 3.84. The zero-order chi connectivity index (χ0) is 19.8. The molecular weight excluding hydrogens is 418 g/mol. The largest absolute Gasteiger partial charge is 0.508 e. The van der Waals surface area contributed by atoms with Crippen molar-refractivity contribution in [3.63, 3.8) is 0 Å². The van der Waals surface area contributed by atoms with Crippen molar-refractivity contribution in [2.45, 2.75) is 18.6 Å². The highest BCUT2D eigenvalue weighted by atomic mass is 79.9. The minimum Gasteiger partial charge on any atom is -0.508 e. The lowest BCUT2D eigenvalue weighted by Crippen LogP contribution is -2.35. The molecule has 0 aliphatic carbocycles. The van der Waals surface area contributed by atoms with Crippen LogP contribution in [0, 0.1) is 0 Å². The molecule has 0 aliphatic heterocycles. The summed E-state index contributed by atoms with van der Waals surface area (Å²) in [4.78, 5) is 24.4. The average molecular weight is 438 g/mol. The molecule has 8 heteroatoms. The Morgan fingerprint density at radius 1 is 1.19 bits per heavy atom. The normalized spacial score (nSPS) is 12.9. The molecule has 0 fully saturated rings. The molecule has 2 atom stereocenters. The highest BCUT2D eigenvalue weighted by Gasteiger charge is 2.30. The summed E-state index contributed by atoms with van der Waals surface area (Å²) in [6.07, 6.45) is -2.60. The molecule has 2 aromatic carbocycles. The highest BCUT2D eigenvalue weighted by molar-refractivity contribution is 9.10. The van der Waals surface area contributed by atoms with Crippen LogP contribution >= 0.6 is 15.9 Å². The summed E-state index contributed by atoms with van der Waals surface area (Å²) < 4.78 is 11.4. The molecule has 7 nitrogen and oxygen atoms in total. The van der Waals surface area contributed by atoms with E-state index in [1.807, 2.05) is 0 Å². The number of alkyl carbamates (subject to hydrolysis) is 1. The standard InChI is InChI=1S/C19H20BrNO6/c1-26-16(9-10-22)17(14-11-13(20)7-8-15(14)23)27-19(25)21-18(24)12-5-3-2-4-6-12/h2-8,11,16-17,22-23H,9-10H2,1H3,(H,21,24,25)/t16-,17-/m1/s1. The molecule has 27 heavy (non-hydrogen) atoms. The van der Waals surface area contributed by atoms with Gasteiger partial charge in [-0.3, -0.25) is 10.1 Å². The van der Waals surface area contributed by atoms with Crippen molar-refractivity contribution in [3.8, 4) is 5.75 Å². The van der Waals surface area contributed by atoms with E-state index in [0.29, 0.717) is 10.0 Å². The van der Waals surface area contributed by atoms with Crippen LogP contribution in [0.15, 0.2) is 53.0 Å². The predicted molar refractivity (Wildman–Crippen MR) is 101 cm³/mol. The van der Waals surface area contributed by atoms with Crippen LogP contribution in [0.3, 0.4) is 0 Å². The molecule has 0 heterocycles. The molecule has 0 saturated heterocycles. The number of rotatable bonds is 7. The van der Waals surface area contributed by atoms with Crippen LogP contribution in [0.25, 0.3) is 0 Å². The smallest absolute Gasteiger partial charge is 0.414 e. The number of ether oxygens (including phenoxy) is 2. The maximum atomic E-state index is 12.3. The maximum absolute atomic E-state index is 12.3. The number of halogens is 1. The fourth-order valence-corrected chi connectivity index (χ4v) is 2.89. The van der Waals surface area contributed by atoms with E-state index in [4.69, 9.17) is 9.47 Å². The maximum Gasteiger partial charge on any atom is 0.414 e. The number of aliphatic hydroxyl groups is 1. The van der Waals surface area contributed by atoms with Gasteiger partial charge in [0.05, 0.1) is 0 Å². The quantitative estimate of drug-likeness (QED) is 0.614. The summed E-state index contributed by atoms with van der Waals surface area (Å²) >= 11 is 3.30. The molecule has 3 N–H and O–H groups in total. The topological polar surface area (TPSA) is 105 Å². The summed E-state index contributed by atoms with van der Waals surface area (Å²) in [5, 5.41) is 21.6. The second-order valence-corrected chi connectivity index (χ2v) is 6.55. The van der Waals surface area contributed by atoms with Crippen molar-refractivity contribution in [2.24, 2.45) is 0 Å². The Labute approximate surface area is 165 Å². The molecule has 0 bridgehead atoms. The second-order valence-electron chi connectivity index (χ2n) is 5.64. The Kier molecular flexibility index (Phi) is 7.78. The van der Waals surface area contributed by atoms with E-state index in [0.717, 1.165) is 0 Å². The second kappa shape index (κ2) is 10.1. The lowest BCUT2D eigenvalue weighted by molar-refractivity contribution is -0.0345. The monoisotopic (exact) mass is 437 g/mol. The van der Waals surface area contributed by atoms with Crippen molar-refractivity contribution in [3.05, 3.63) is 64.1 Å². The van der Waals surface area contributed by atoms with Crippen molar-refractivity contribution < 1.29 is 29.3 Å². The number of phenolic OH excluding ortho intramolecular Hbond substituents is 1. The Balaban J connectivity index is 2.22. The van der Waals surface area contributed by atoms with Crippen molar-refractivity contribution in [2.75, 3.05) is 13.7 Å². The molecule has 0 saturated carbocycles. The van der Waals surface area contributed by atoms with E-state index in [2.05, 4.69) is 21.2 Å². The molecule has 0 unspecified atom stereocenters. The zero-order valence-electron chi connectivity index (χ0n) is 14.6. The van der Waals surface area contributed by atoms with Gasteiger partial charge in [-0.25, -0.2) is 4.79 Å². The minimum atomic E-state index is -1.04. The third-order valence-corrected chi connectivity index (χ3v) is 4.33. The van der Waals surface area contributed by atoms with Crippen LogP contribution in [0.5, 0.6) is 5.75 Å². The number of carbonyl (C=O) groups is 2. The highest BCUT2D eigenvalue weighted by Crippen LogP contribution is 2.34. The van der Waals surface area contributed by atoms with Gasteiger partial charge >= 0.3 is 6.09 Å². The van der Waals surface area contributed by atoms with Gasteiger partial charge in [0.15, 0.2) is 6.10 Å². The first-order valence-corrected chi connectivity index (χ1v) is 8.94. The van der Waals surface area contributed by atoms with Crippen LogP contribution in [-0.4, -0.2) is 42.0 Å². The van der Waals surface area contributed by atoms with E-state index in [9.17, 15) is 19.8 Å². The zero-order valence-corrected chi connectivity index (χ0v) is 16.2. The summed E-state index contributed by atoms with van der Waals surface area (Å²) in [7, 11) is 1.40. The number of nitrogens with one attached hydrogen (secondary N) is 1. The van der Waals surface area contributed by atoms with Crippen LogP contribution in [-0.2, 0) is 9.47 Å². The van der Waals surface area contributed by atoms with Gasteiger partial charge in [-0.2, -0.15) is 0 Å². The molecule has 144 valence electrons. The molecular formula is C19H20BrNO6. The number of methoxy groups -OCH3 is 1. The first-order chi connectivity index (χ1) is 13.0. The number of hydrogen-bond donors (Lipinski definition) is 3. The molecule has 0 radical (unpaired) electrons. The minimum absolute atomic E-state index is 0.106. The van der Waals surface area contributed by atoms with E-state index in [1.54, 1.807) is 42.5 Å². The van der Waals surface area contributed by atoms with Crippen LogP contribution in [0.4, 0.5) is 4.79 Å². The van der Waals surface area contributed by atoms with Crippen molar-refractivity contribution in [1.29, 1.82) is 0 Å². The van der Waals surface area contributed by atoms with E-state index >= 15 is 0 Å². The summed E-state index contributed by atoms with van der Waals surface area (Å²) in [5.74, 6) is -0.723. The third kappa shape index (κ3) is 5.78. The van der Waals surface area contributed by atoms with Gasteiger partial charge in [-0.15, -0.1) is 0 Å². The lowest BCUT2D eigenvalue weighted by atomic mass is 10.0. The van der Waals surface area contributed by atoms with Gasteiger partial charge in [-0.1, -0.05) is 34.1 Å². The number of phenols is 1. The van der Waals surface area contributed by atoms with Crippen LogP contribution in [0.1, 0.15) is 28.4 Å². The summed E-state index contributed by atoms with van der Waals surface area (Å²) in [6, 6.07) is 12.9. The van der Waals surface area contributed by atoms with E-state index in [1.165, 1.54) is 13.2 Å². The van der Waals surface area contributed by atoms with Gasteiger partial charge < -0.3 is 19.7 Å².